The average Bonchev–Trinajstić information content (AvgIpc) is 2.32. The molecule has 19 heavy (non-hydrogen) atoms. The van der Waals surface area contributed by atoms with E-state index in [-0.39, 0.29) is 18.9 Å². The predicted octanol–water partition coefficient (Wildman–Crippen LogP) is 1.58. The zero-order valence-electron chi connectivity index (χ0n) is 10.3. The monoisotopic (exact) mass is 331 g/mol. The summed E-state index contributed by atoms with van der Waals surface area (Å²) in [6, 6.07) is 2.88. The molecule has 1 aromatic rings. The van der Waals surface area contributed by atoms with Gasteiger partial charge in [0.1, 0.15) is 6.61 Å². The Labute approximate surface area is 118 Å². The van der Waals surface area contributed by atoms with Gasteiger partial charge in [-0.15, -0.1) is 0 Å². The summed E-state index contributed by atoms with van der Waals surface area (Å²) in [7, 11) is 0. The topological polar surface area (TPSA) is 107 Å². The molecule has 0 bridgehead atoms. The summed E-state index contributed by atoms with van der Waals surface area (Å²) in [6.07, 6.45) is 0. The van der Waals surface area contributed by atoms with Gasteiger partial charge in [-0.05, 0) is 28.9 Å². The van der Waals surface area contributed by atoms with Crippen LogP contribution in [-0.2, 0) is 9.53 Å². The molecule has 0 atom stereocenters. The van der Waals surface area contributed by atoms with E-state index in [1.807, 2.05) is 0 Å². The van der Waals surface area contributed by atoms with E-state index >= 15 is 0 Å². The third kappa shape index (κ3) is 4.58. The van der Waals surface area contributed by atoms with Gasteiger partial charge in [0.2, 0.25) is 5.91 Å². The molecule has 7 nitrogen and oxygen atoms in total. The number of benzene rings is 1. The molecule has 1 rings (SSSR count). The van der Waals surface area contributed by atoms with Crippen molar-refractivity contribution in [3.63, 3.8) is 0 Å². The van der Waals surface area contributed by atoms with E-state index in [9.17, 15) is 14.9 Å². The van der Waals surface area contributed by atoms with Crippen LogP contribution in [0.5, 0.6) is 0 Å². The molecular weight excluding hydrogens is 318 g/mol. The lowest BCUT2D eigenvalue weighted by Gasteiger charge is -2.09. The number of halogens is 1. The Morgan fingerprint density at radius 2 is 2.26 bits per heavy atom. The number of aryl methyl sites for hydroxylation is 1. The molecule has 0 aromatic heterocycles. The highest BCUT2D eigenvalue weighted by atomic mass is 79.9. The van der Waals surface area contributed by atoms with Crippen LogP contribution >= 0.6 is 15.9 Å². The van der Waals surface area contributed by atoms with Crippen molar-refractivity contribution in [2.45, 2.75) is 6.92 Å². The molecule has 1 aromatic carbocycles. The molecule has 0 spiro atoms. The van der Waals surface area contributed by atoms with E-state index < -0.39 is 10.8 Å². The number of carbonyl (C=O) groups excluding carboxylic acids is 1. The van der Waals surface area contributed by atoms with Crippen LogP contribution in [0.1, 0.15) is 5.56 Å². The molecule has 0 heterocycles. The summed E-state index contributed by atoms with van der Waals surface area (Å²) in [5, 5.41) is 13.4. The molecule has 0 unspecified atom stereocenters. The molecule has 0 saturated heterocycles. The number of nitrogens with one attached hydrogen (secondary N) is 1. The first kappa shape index (κ1) is 15.5. The number of ether oxygens (including phenoxy) is 1. The van der Waals surface area contributed by atoms with E-state index in [0.717, 1.165) is 0 Å². The van der Waals surface area contributed by atoms with Gasteiger partial charge in [-0.2, -0.15) is 0 Å². The maximum Gasteiger partial charge on any atom is 0.274 e. The van der Waals surface area contributed by atoms with Crippen molar-refractivity contribution in [2.24, 2.45) is 5.73 Å². The standard InChI is InChI=1S/C11H14BrN3O4/c1-7-4-8(12)9(5-10(7)15(17)18)14-11(16)6-19-3-2-13/h4-5H,2-3,6,13H2,1H3,(H,14,16). The van der Waals surface area contributed by atoms with Gasteiger partial charge < -0.3 is 15.8 Å². The van der Waals surface area contributed by atoms with Crippen LogP contribution in [0, 0.1) is 17.0 Å². The Bertz CT molecular complexity index is 493. The van der Waals surface area contributed by atoms with E-state index in [1.165, 1.54) is 6.07 Å². The molecule has 0 aliphatic heterocycles. The van der Waals surface area contributed by atoms with E-state index in [0.29, 0.717) is 22.3 Å². The van der Waals surface area contributed by atoms with Crippen LogP contribution < -0.4 is 11.1 Å². The van der Waals surface area contributed by atoms with Crippen molar-refractivity contribution in [3.05, 3.63) is 32.3 Å². The average molecular weight is 332 g/mol. The molecular formula is C11H14BrN3O4. The molecule has 0 radical (unpaired) electrons. The summed E-state index contributed by atoms with van der Waals surface area (Å²) < 4.78 is 5.54. The second kappa shape index (κ2) is 7.17. The maximum absolute atomic E-state index is 11.5. The van der Waals surface area contributed by atoms with Crippen molar-refractivity contribution in [2.75, 3.05) is 25.1 Å². The van der Waals surface area contributed by atoms with Crippen LogP contribution in [0.2, 0.25) is 0 Å². The quantitative estimate of drug-likeness (QED) is 0.467. The van der Waals surface area contributed by atoms with Gasteiger partial charge in [-0.25, -0.2) is 0 Å². The third-order valence-electron chi connectivity index (χ3n) is 2.25. The zero-order chi connectivity index (χ0) is 14.4. The molecule has 1 amide bonds. The van der Waals surface area contributed by atoms with Gasteiger partial charge in [0.05, 0.1) is 17.2 Å². The fourth-order valence-electron chi connectivity index (χ4n) is 1.39. The summed E-state index contributed by atoms with van der Waals surface area (Å²) in [4.78, 5) is 21.9. The highest BCUT2D eigenvalue weighted by Gasteiger charge is 2.15. The fraction of sp³-hybridized carbons (Fsp3) is 0.364. The van der Waals surface area contributed by atoms with E-state index in [1.54, 1.807) is 13.0 Å². The fourth-order valence-corrected chi connectivity index (χ4v) is 1.95. The van der Waals surface area contributed by atoms with Gasteiger partial charge >= 0.3 is 0 Å². The molecule has 0 fully saturated rings. The second-order valence-electron chi connectivity index (χ2n) is 3.77. The Kier molecular flexibility index (Phi) is 5.87. The Balaban J connectivity index is 2.80. The number of anilines is 1. The van der Waals surface area contributed by atoms with Crippen LogP contribution in [0.3, 0.4) is 0 Å². The largest absolute Gasteiger partial charge is 0.370 e. The van der Waals surface area contributed by atoms with Crippen molar-refractivity contribution in [1.29, 1.82) is 0 Å². The normalized spacial score (nSPS) is 10.3. The minimum Gasteiger partial charge on any atom is -0.370 e. The number of amides is 1. The highest BCUT2D eigenvalue weighted by Crippen LogP contribution is 2.30. The number of hydrogen-bond donors (Lipinski definition) is 2. The van der Waals surface area contributed by atoms with Crippen LogP contribution in [0.15, 0.2) is 16.6 Å². The molecule has 0 aliphatic carbocycles. The number of nitrogens with two attached hydrogens (primary N) is 1. The first-order chi connectivity index (χ1) is 8.95. The first-order valence-corrected chi connectivity index (χ1v) is 6.27. The SMILES string of the molecule is Cc1cc(Br)c(NC(=O)COCCN)cc1[N+](=O)[O-]. The van der Waals surface area contributed by atoms with E-state index in [4.69, 9.17) is 10.5 Å². The summed E-state index contributed by atoms with van der Waals surface area (Å²) in [5.41, 5.74) is 6.01. The lowest BCUT2D eigenvalue weighted by Crippen LogP contribution is -2.21. The number of carbonyl (C=O) groups is 1. The van der Waals surface area contributed by atoms with Crippen molar-refractivity contribution < 1.29 is 14.5 Å². The second-order valence-corrected chi connectivity index (χ2v) is 4.62. The number of nitro benzene ring substituents is 1. The van der Waals surface area contributed by atoms with Crippen molar-refractivity contribution in [1.82, 2.24) is 0 Å². The van der Waals surface area contributed by atoms with Crippen LogP contribution in [0.25, 0.3) is 0 Å². The summed E-state index contributed by atoms with van der Waals surface area (Å²) in [6.45, 7) is 2.08. The molecule has 0 saturated carbocycles. The number of nitro groups is 1. The Morgan fingerprint density at radius 3 is 2.84 bits per heavy atom. The minimum absolute atomic E-state index is 0.0543. The minimum atomic E-state index is -0.498. The van der Waals surface area contributed by atoms with Gasteiger partial charge in [-0.1, -0.05) is 0 Å². The summed E-state index contributed by atoms with van der Waals surface area (Å²) >= 11 is 3.24. The van der Waals surface area contributed by atoms with Crippen LogP contribution in [0.4, 0.5) is 11.4 Å². The maximum atomic E-state index is 11.5. The highest BCUT2D eigenvalue weighted by molar-refractivity contribution is 9.10. The van der Waals surface area contributed by atoms with Crippen LogP contribution in [-0.4, -0.2) is 30.6 Å². The lowest BCUT2D eigenvalue weighted by atomic mass is 10.2. The smallest absolute Gasteiger partial charge is 0.274 e. The Morgan fingerprint density at radius 1 is 1.58 bits per heavy atom. The Hall–Kier alpha value is -1.51. The first-order valence-electron chi connectivity index (χ1n) is 5.48. The van der Waals surface area contributed by atoms with Crippen molar-refractivity contribution >= 4 is 33.2 Å². The van der Waals surface area contributed by atoms with Gasteiger partial charge in [-0.3, -0.25) is 14.9 Å². The third-order valence-corrected chi connectivity index (χ3v) is 2.91. The molecule has 0 aliphatic rings. The molecule has 3 N–H and O–H groups in total. The molecule has 104 valence electrons. The predicted molar refractivity (Wildman–Crippen MR) is 74.0 cm³/mol. The number of nitrogens with zero attached hydrogens (tertiary/aromatic N) is 1. The zero-order valence-corrected chi connectivity index (χ0v) is 11.9. The van der Waals surface area contributed by atoms with E-state index in [2.05, 4.69) is 21.2 Å². The van der Waals surface area contributed by atoms with Gasteiger partial charge in [0, 0.05) is 22.6 Å². The molecule has 8 heteroatoms. The van der Waals surface area contributed by atoms with Gasteiger partial charge in [0.25, 0.3) is 5.69 Å². The lowest BCUT2D eigenvalue weighted by molar-refractivity contribution is -0.385. The number of rotatable bonds is 6. The van der Waals surface area contributed by atoms with Crippen molar-refractivity contribution in [3.8, 4) is 0 Å². The number of hydrogen-bond acceptors (Lipinski definition) is 5. The van der Waals surface area contributed by atoms with Gasteiger partial charge in [0.15, 0.2) is 0 Å². The summed E-state index contributed by atoms with van der Waals surface area (Å²) in [5.74, 6) is -0.396.